The van der Waals surface area contributed by atoms with E-state index < -0.39 is 0 Å². The first-order valence-electron chi connectivity index (χ1n) is 10.9. The molecule has 0 spiro atoms. The third-order valence-corrected chi connectivity index (χ3v) is 7.10. The van der Waals surface area contributed by atoms with Crippen molar-refractivity contribution >= 4 is 35.0 Å². The number of nitrogens with zero attached hydrogens (tertiary/aromatic N) is 2. The van der Waals surface area contributed by atoms with Gasteiger partial charge in [-0.15, -0.1) is 0 Å². The number of nitrogens with one attached hydrogen (secondary N) is 1. The zero-order valence-electron chi connectivity index (χ0n) is 17.7. The number of piperidine rings is 1. The van der Waals surface area contributed by atoms with Gasteiger partial charge in [0, 0.05) is 41.9 Å². The van der Waals surface area contributed by atoms with E-state index in [1.807, 2.05) is 24.3 Å². The highest BCUT2D eigenvalue weighted by Crippen LogP contribution is 2.47. The number of benzene rings is 2. The third-order valence-electron chi connectivity index (χ3n) is 5.97. The molecule has 2 aromatic carbocycles. The van der Waals surface area contributed by atoms with E-state index in [1.165, 1.54) is 16.1 Å². The van der Waals surface area contributed by atoms with Crippen molar-refractivity contribution in [2.45, 2.75) is 35.1 Å². The molecular weight excluding hydrogens is 422 g/mol. The molecule has 0 atom stereocenters. The zero-order chi connectivity index (χ0) is 21.9. The Balaban J connectivity index is 1.17. The first kappa shape index (κ1) is 20.7. The Kier molecular flexibility index (Phi) is 5.90. The molecule has 164 valence electrons. The molecule has 2 aliphatic rings. The summed E-state index contributed by atoms with van der Waals surface area (Å²) in [4.78, 5) is 31.6. The molecule has 1 aromatic heterocycles. The Labute approximate surface area is 191 Å². The smallest absolute Gasteiger partial charge is 0.289 e. The lowest BCUT2D eigenvalue weighted by Crippen LogP contribution is -2.46. The van der Waals surface area contributed by atoms with Crippen LogP contribution < -0.4 is 10.2 Å². The van der Waals surface area contributed by atoms with Crippen molar-refractivity contribution in [3.05, 3.63) is 72.7 Å². The number of hydrogen-bond acceptors (Lipinski definition) is 5. The van der Waals surface area contributed by atoms with Crippen molar-refractivity contribution in [3.8, 4) is 0 Å². The van der Waals surface area contributed by atoms with Crippen LogP contribution in [0.5, 0.6) is 0 Å². The second-order valence-electron chi connectivity index (χ2n) is 8.05. The normalized spacial score (nSPS) is 15.8. The van der Waals surface area contributed by atoms with Crippen LogP contribution in [0.25, 0.3) is 0 Å². The summed E-state index contributed by atoms with van der Waals surface area (Å²) in [6.45, 7) is 1.86. The van der Waals surface area contributed by atoms with Crippen molar-refractivity contribution < 1.29 is 14.0 Å². The van der Waals surface area contributed by atoms with Crippen LogP contribution in [0.3, 0.4) is 0 Å². The number of anilines is 2. The van der Waals surface area contributed by atoms with E-state index in [9.17, 15) is 9.59 Å². The van der Waals surface area contributed by atoms with Crippen molar-refractivity contribution in [2.75, 3.05) is 24.5 Å². The van der Waals surface area contributed by atoms with Gasteiger partial charge in [-0.25, -0.2) is 0 Å². The van der Waals surface area contributed by atoms with Crippen LogP contribution in [-0.2, 0) is 4.79 Å². The maximum atomic E-state index is 12.7. The van der Waals surface area contributed by atoms with Crippen LogP contribution in [0.4, 0.5) is 11.4 Å². The van der Waals surface area contributed by atoms with Gasteiger partial charge in [-0.05, 0) is 49.2 Å². The van der Waals surface area contributed by atoms with Gasteiger partial charge in [-0.1, -0.05) is 36.0 Å². The number of likely N-dealkylation sites (tertiary alicyclic amines) is 1. The average Bonchev–Trinajstić information content (AvgIpc) is 3.37. The summed E-state index contributed by atoms with van der Waals surface area (Å²) in [5, 5.41) is 3.17. The minimum atomic E-state index is -0.0833. The number of para-hydroxylation sites is 2. The van der Waals surface area contributed by atoms with Crippen molar-refractivity contribution in [2.24, 2.45) is 0 Å². The molecule has 3 heterocycles. The molecule has 32 heavy (non-hydrogen) atoms. The molecular formula is C25H25N3O3S. The maximum absolute atomic E-state index is 12.7. The fourth-order valence-corrected chi connectivity index (χ4v) is 5.41. The standard InChI is InChI=1S/C25H25N3O3S/c29-24(26-18-11-14-27(15-12-18)25(30)21-8-5-17-31-21)13-16-28-19-6-1-3-9-22(19)32-23-10-4-2-7-20(23)28/h1-10,17-18H,11-16H2,(H,26,29). The van der Waals surface area contributed by atoms with Crippen molar-refractivity contribution in [1.82, 2.24) is 10.2 Å². The van der Waals surface area contributed by atoms with Gasteiger partial charge >= 0.3 is 0 Å². The van der Waals surface area contributed by atoms with Gasteiger partial charge < -0.3 is 19.5 Å². The predicted octanol–water partition coefficient (Wildman–Crippen LogP) is 4.69. The van der Waals surface area contributed by atoms with Gasteiger partial charge in [-0.3, -0.25) is 9.59 Å². The van der Waals surface area contributed by atoms with Crippen LogP contribution in [0, 0.1) is 0 Å². The highest BCUT2D eigenvalue weighted by molar-refractivity contribution is 7.99. The minimum absolute atomic E-state index is 0.0500. The fraction of sp³-hybridized carbons (Fsp3) is 0.280. The summed E-state index contributed by atoms with van der Waals surface area (Å²) in [5.74, 6) is 0.335. The lowest BCUT2D eigenvalue weighted by molar-refractivity contribution is -0.121. The van der Waals surface area contributed by atoms with E-state index in [1.54, 1.807) is 28.8 Å². The molecule has 0 saturated carbocycles. The molecule has 3 aromatic rings. The molecule has 0 aliphatic carbocycles. The Morgan fingerprint density at radius 1 is 0.938 bits per heavy atom. The Bertz CT molecular complexity index is 1060. The fourth-order valence-electron chi connectivity index (χ4n) is 4.32. The van der Waals surface area contributed by atoms with Gasteiger partial charge in [-0.2, -0.15) is 0 Å². The van der Waals surface area contributed by atoms with Crippen LogP contribution >= 0.6 is 11.8 Å². The third kappa shape index (κ3) is 4.25. The molecule has 0 radical (unpaired) electrons. The largest absolute Gasteiger partial charge is 0.459 e. The SMILES string of the molecule is O=C(CCN1c2ccccc2Sc2ccccc21)NC1CCN(C(=O)c2ccco2)CC1. The number of rotatable bonds is 5. The number of fused-ring (bicyclic) bond motifs is 2. The lowest BCUT2D eigenvalue weighted by Gasteiger charge is -2.33. The van der Waals surface area contributed by atoms with Crippen LogP contribution in [-0.4, -0.2) is 42.4 Å². The van der Waals surface area contributed by atoms with Crippen molar-refractivity contribution in [3.63, 3.8) is 0 Å². The predicted molar refractivity (Wildman–Crippen MR) is 124 cm³/mol. The molecule has 5 rings (SSSR count). The maximum Gasteiger partial charge on any atom is 0.289 e. The average molecular weight is 448 g/mol. The summed E-state index contributed by atoms with van der Waals surface area (Å²) in [6.07, 6.45) is 3.44. The Hall–Kier alpha value is -3.19. The molecule has 6 nitrogen and oxygen atoms in total. The lowest BCUT2D eigenvalue weighted by atomic mass is 10.0. The Morgan fingerprint density at radius 2 is 1.59 bits per heavy atom. The number of carbonyl (C=O) groups is 2. The number of hydrogen-bond donors (Lipinski definition) is 1. The second-order valence-corrected chi connectivity index (χ2v) is 9.13. The number of furan rings is 1. The van der Waals surface area contributed by atoms with Gasteiger partial charge in [0.05, 0.1) is 17.6 Å². The monoisotopic (exact) mass is 447 g/mol. The summed E-state index contributed by atoms with van der Waals surface area (Å²) in [5.41, 5.74) is 2.29. The summed E-state index contributed by atoms with van der Waals surface area (Å²) >= 11 is 1.77. The van der Waals surface area contributed by atoms with Crippen LogP contribution in [0.15, 0.2) is 81.1 Å². The van der Waals surface area contributed by atoms with E-state index in [2.05, 4.69) is 34.5 Å². The molecule has 1 saturated heterocycles. The first-order valence-corrected chi connectivity index (χ1v) is 11.8. The summed E-state index contributed by atoms with van der Waals surface area (Å²) in [7, 11) is 0. The first-order chi connectivity index (χ1) is 15.7. The van der Waals surface area contributed by atoms with Crippen molar-refractivity contribution in [1.29, 1.82) is 0 Å². The Morgan fingerprint density at radius 3 is 2.22 bits per heavy atom. The molecule has 1 fully saturated rings. The summed E-state index contributed by atoms with van der Waals surface area (Å²) < 4.78 is 5.21. The molecule has 0 unspecified atom stereocenters. The second kappa shape index (κ2) is 9.12. The topological polar surface area (TPSA) is 65.8 Å². The van der Waals surface area contributed by atoms with Crippen LogP contribution in [0.2, 0.25) is 0 Å². The molecule has 2 aliphatic heterocycles. The van der Waals surface area contributed by atoms with E-state index in [0.29, 0.717) is 31.8 Å². The quantitative estimate of drug-likeness (QED) is 0.615. The minimum Gasteiger partial charge on any atom is -0.459 e. The number of amides is 2. The summed E-state index contributed by atoms with van der Waals surface area (Å²) in [6, 6.07) is 20.2. The highest BCUT2D eigenvalue weighted by Gasteiger charge is 2.27. The van der Waals surface area contributed by atoms with Crippen LogP contribution in [0.1, 0.15) is 29.8 Å². The van der Waals surface area contributed by atoms with E-state index in [-0.39, 0.29) is 17.9 Å². The molecule has 2 amide bonds. The molecule has 1 N–H and O–H groups in total. The number of carbonyl (C=O) groups excluding carboxylic acids is 2. The highest BCUT2D eigenvalue weighted by atomic mass is 32.2. The zero-order valence-corrected chi connectivity index (χ0v) is 18.5. The van der Waals surface area contributed by atoms with Gasteiger partial charge in [0.15, 0.2) is 5.76 Å². The van der Waals surface area contributed by atoms with E-state index >= 15 is 0 Å². The van der Waals surface area contributed by atoms with Gasteiger partial charge in [0.1, 0.15) is 0 Å². The molecule has 7 heteroatoms. The van der Waals surface area contributed by atoms with Gasteiger partial charge in [0.25, 0.3) is 5.91 Å². The molecule has 0 bridgehead atoms. The van der Waals surface area contributed by atoms with Gasteiger partial charge in [0.2, 0.25) is 5.91 Å². The van der Waals surface area contributed by atoms with E-state index in [4.69, 9.17) is 4.42 Å². The van der Waals surface area contributed by atoms with E-state index in [0.717, 1.165) is 24.2 Å².